The Morgan fingerprint density at radius 1 is 1.00 bits per heavy atom. The number of nitrogens with zero attached hydrogens (tertiary/aromatic N) is 3. The van der Waals surface area contributed by atoms with E-state index < -0.39 is 0 Å². The zero-order chi connectivity index (χ0) is 15.0. The lowest BCUT2D eigenvalue weighted by atomic mass is 10.1. The van der Waals surface area contributed by atoms with Crippen LogP contribution in [0.5, 0.6) is 0 Å². The average molecular weight is 298 g/mol. The molecule has 3 nitrogen and oxygen atoms in total. The van der Waals surface area contributed by atoms with Crippen molar-refractivity contribution in [2.45, 2.75) is 27.2 Å². The van der Waals surface area contributed by atoms with Crippen LogP contribution >= 0.6 is 11.6 Å². The summed E-state index contributed by atoms with van der Waals surface area (Å²) >= 11 is 6.26. The Labute approximate surface area is 129 Å². The third kappa shape index (κ3) is 2.61. The van der Waals surface area contributed by atoms with Crippen LogP contribution in [-0.4, -0.2) is 15.0 Å². The largest absolute Gasteiger partial charge is 0.253 e. The normalized spacial score (nSPS) is 11.0. The topological polar surface area (TPSA) is 38.7 Å². The molecule has 2 heterocycles. The summed E-state index contributed by atoms with van der Waals surface area (Å²) in [5.41, 5.74) is 4.90. The van der Waals surface area contributed by atoms with Crippen LogP contribution in [0, 0.1) is 13.8 Å². The third-order valence-electron chi connectivity index (χ3n) is 3.60. The molecule has 0 fully saturated rings. The minimum absolute atomic E-state index is 0.544. The highest BCUT2D eigenvalue weighted by Crippen LogP contribution is 2.25. The number of rotatable bonds is 2. The van der Waals surface area contributed by atoms with Gasteiger partial charge in [0.2, 0.25) is 0 Å². The second-order valence-electron chi connectivity index (χ2n) is 5.12. The average Bonchev–Trinajstić information content (AvgIpc) is 2.46. The molecule has 1 aromatic carbocycles. The first-order valence-electron chi connectivity index (χ1n) is 6.99. The van der Waals surface area contributed by atoms with Gasteiger partial charge in [-0.1, -0.05) is 24.6 Å². The smallest absolute Gasteiger partial charge is 0.161 e. The second kappa shape index (κ2) is 5.41. The molecule has 0 radical (unpaired) electrons. The number of hydrogen-bond acceptors (Lipinski definition) is 3. The summed E-state index contributed by atoms with van der Waals surface area (Å²) in [7, 11) is 0. The Morgan fingerprint density at radius 2 is 1.81 bits per heavy atom. The minimum Gasteiger partial charge on any atom is -0.253 e. The van der Waals surface area contributed by atoms with E-state index in [1.54, 1.807) is 0 Å². The van der Waals surface area contributed by atoms with Crippen molar-refractivity contribution < 1.29 is 0 Å². The van der Waals surface area contributed by atoms with Crippen molar-refractivity contribution in [1.29, 1.82) is 0 Å². The van der Waals surface area contributed by atoms with Crippen LogP contribution in [0.3, 0.4) is 0 Å². The molecule has 0 saturated carbocycles. The number of hydrogen-bond donors (Lipinski definition) is 0. The first kappa shape index (κ1) is 14.0. The molecule has 0 bridgehead atoms. The predicted molar refractivity (Wildman–Crippen MR) is 86.6 cm³/mol. The lowest BCUT2D eigenvalue weighted by Gasteiger charge is -2.08. The summed E-state index contributed by atoms with van der Waals surface area (Å²) in [4.78, 5) is 13.5. The fraction of sp³-hybridized carbons (Fsp3) is 0.235. The van der Waals surface area contributed by atoms with Crippen LogP contribution in [0.25, 0.3) is 22.3 Å². The summed E-state index contributed by atoms with van der Waals surface area (Å²) in [6.45, 7) is 6.02. The maximum atomic E-state index is 6.26. The van der Waals surface area contributed by atoms with Crippen molar-refractivity contribution in [2.24, 2.45) is 0 Å². The van der Waals surface area contributed by atoms with E-state index in [0.717, 1.165) is 39.8 Å². The Kier molecular flexibility index (Phi) is 3.60. The molecule has 0 aliphatic rings. The van der Waals surface area contributed by atoms with Crippen molar-refractivity contribution >= 4 is 22.5 Å². The van der Waals surface area contributed by atoms with Gasteiger partial charge in [-0.05, 0) is 44.5 Å². The lowest BCUT2D eigenvalue weighted by molar-refractivity contribution is 1.00. The van der Waals surface area contributed by atoms with Gasteiger partial charge in [0.25, 0.3) is 0 Å². The first-order chi connectivity index (χ1) is 10.1. The van der Waals surface area contributed by atoms with Crippen molar-refractivity contribution in [2.75, 3.05) is 0 Å². The van der Waals surface area contributed by atoms with E-state index in [4.69, 9.17) is 11.6 Å². The summed E-state index contributed by atoms with van der Waals surface area (Å²) < 4.78 is 0. The molecule has 4 heteroatoms. The Bertz CT molecular complexity index is 804. The molecule has 0 N–H and O–H groups in total. The van der Waals surface area contributed by atoms with E-state index in [1.807, 2.05) is 32.0 Å². The van der Waals surface area contributed by atoms with Gasteiger partial charge in [0.05, 0.1) is 5.52 Å². The second-order valence-corrected chi connectivity index (χ2v) is 5.47. The number of benzene rings is 1. The highest BCUT2D eigenvalue weighted by molar-refractivity contribution is 6.30. The zero-order valence-corrected chi connectivity index (χ0v) is 13.1. The summed E-state index contributed by atoms with van der Waals surface area (Å²) in [5.74, 6) is 0.664. The van der Waals surface area contributed by atoms with Crippen molar-refractivity contribution in [1.82, 2.24) is 15.0 Å². The molecular formula is C17H16ClN3. The van der Waals surface area contributed by atoms with Crippen LogP contribution in [-0.2, 0) is 6.42 Å². The van der Waals surface area contributed by atoms with Gasteiger partial charge >= 0.3 is 0 Å². The molecule has 0 unspecified atom stereocenters. The summed E-state index contributed by atoms with van der Waals surface area (Å²) in [6, 6.07) is 10.1. The summed E-state index contributed by atoms with van der Waals surface area (Å²) in [6.07, 6.45) is 0.839. The van der Waals surface area contributed by atoms with E-state index in [-0.39, 0.29) is 0 Å². The van der Waals surface area contributed by atoms with Gasteiger partial charge in [0, 0.05) is 27.9 Å². The molecule has 2 aromatic heterocycles. The molecule has 3 rings (SSSR count). The van der Waals surface area contributed by atoms with E-state index in [1.165, 1.54) is 0 Å². The fourth-order valence-corrected chi connectivity index (χ4v) is 2.81. The lowest BCUT2D eigenvalue weighted by Crippen LogP contribution is -1.99. The number of aryl methyl sites for hydroxylation is 2. The van der Waals surface area contributed by atoms with Crippen molar-refractivity contribution in [3.8, 4) is 11.4 Å². The van der Waals surface area contributed by atoms with Crippen molar-refractivity contribution in [3.05, 3.63) is 52.4 Å². The molecule has 106 valence electrons. The summed E-state index contributed by atoms with van der Waals surface area (Å²) in [5, 5.41) is 1.62. The molecule has 21 heavy (non-hydrogen) atoms. The number of fused-ring (bicyclic) bond motifs is 1. The molecule has 0 spiro atoms. The van der Waals surface area contributed by atoms with Gasteiger partial charge in [-0.3, -0.25) is 4.98 Å². The molecule has 0 amide bonds. The Balaban J connectivity index is 2.14. The Morgan fingerprint density at radius 3 is 2.52 bits per heavy atom. The molecular weight excluding hydrogens is 282 g/mol. The van der Waals surface area contributed by atoms with Gasteiger partial charge in [0.1, 0.15) is 5.15 Å². The van der Waals surface area contributed by atoms with E-state index in [0.29, 0.717) is 11.0 Å². The van der Waals surface area contributed by atoms with Crippen LogP contribution in [0.1, 0.15) is 23.9 Å². The SMILES string of the molecule is CCc1c(C)nc(-c2ccc3nc(C)ccc3c2)nc1Cl. The van der Waals surface area contributed by atoms with Gasteiger partial charge in [-0.25, -0.2) is 9.97 Å². The maximum Gasteiger partial charge on any atom is 0.161 e. The number of halogens is 1. The molecule has 0 aliphatic carbocycles. The highest BCUT2D eigenvalue weighted by Gasteiger charge is 2.10. The van der Waals surface area contributed by atoms with Crippen molar-refractivity contribution in [3.63, 3.8) is 0 Å². The van der Waals surface area contributed by atoms with Crippen LogP contribution in [0.4, 0.5) is 0 Å². The van der Waals surface area contributed by atoms with E-state index >= 15 is 0 Å². The van der Waals surface area contributed by atoms with E-state index in [2.05, 4.69) is 34.0 Å². The molecule has 3 aromatic rings. The fourth-order valence-electron chi connectivity index (χ4n) is 2.46. The van der Waals surface area contributed by atoms with Crippen LogP contribution in [0.15, 0.2) is 30.3 Å². The zero-order valence-electron chi connectivity index (χ0n) is 12.3. The monoisotopic (exact) mass is 297 g/mol. The number of aromatic nitrogens is 3. The standard InChI is InChI=1S/C17H16ClN3/c1-4-14-11(3)20-17(21-16(14)18)13-7-8-15-12(9-13)6-5-10(2)19-15/h5-9H,4H2,1-3H3. The van der Waals surface area contributed by atoms with Gasteiger partial charge < -0.3 is 0 Å². The first-order valence-corrected chi connectivity index (χ1v) is 7.37. The maximum absolute atomic E-state index is 6.26. The number of pyridine rings is 1. The molecule has 0 saturated heterocycles. The minimum atomic E-state index is 0.544. The third-order valence-corrected chi connectivity index (χ3v) is 3.92. The van der Waals surface area contributed by atoms with Gasteiger partial charge in [-0.2, -0.15) is 0 Å². The van der Waals surface area contributed by atoms with E-state index in [9.17, 15) is 0 Å². The molecule has 0 aliphatic heterocycles. The van der Waals surface area contributed by atoms with Crippen LogP contribution in [0.2, 0.25) is 5.15 Å². The predicted octanol–water partition coefficient (Wildman–Crippen LogP) is 4.52. The van der Waals surface area contributed by atoms with Crippen LogP contribution < -0.4 is 0 Å². The highest BCUT2D eigenvalue weighted by atomic mass is 35.5. The van der Waals surface area contributed by atoms with Gasteiger partial charge in [0.15, 0.2) is 5.82 Å². The van der Waals surface area contributed by atoms with Gasteiger partial charge in [-0.15, -0.1) is 0 Å². The Hall–Kier alpha value is -2.00. The molecule has 0 atom stereocenters. The quantitative estimate of drug-likeness (QED) is 0.653.